The number of ether oxygens (including phenoxy) is 1. The molecule has 5 nitrogen and oxygen atoms in total. The summed E-state index contributed by atoms with van der Waals surface area (Å²) in [6, 6.07) is 7.48. The second kappa shape index (κ2) is 7.31. The van der Waals surface area contributed by atoms with Crippen molar-refractivity contribution in [2.75, 3.05) is 30.9 Å². The van der Waals surface area contributed by atoms with Gasteiger partial charge in [0.1, 0.15) is 0 Å². The standard InChI is InChI=1S/C16H24N2O3/c1-21-15(20)18-14-7-5-13(6-8-14)17-11-16(12-19)9-3-2-4-10-16/h5-8,17,19H,2-4,9-12H2,1H3,(H,18,20). The molecule has 0 spiro atoms. The lowest BCUT2D eigenvalue weighted by atomic mass is 9.74. The van der Waals surface area contributed by atoms with Crippen molar-refractivity contribution in [2.24, 2.45) is 5.41 Å². The topological polar surface area (TPSA) is 70.6 Å². The van der Waals surface area contributed by atoms with Crippen molar-refractivity contribution in [3.63, 3.8) is 0 Å². The molecule has 1 saturated carbocycles. The Kier molecular flexibility index (Phi) is 5.44. The van der Waals surface area contributed by atoms with Crippen LogP contribution in [0.1, 0.15) is 32.1 Å². The molecule has 116 valence electrons. The number of aliphatic hydroxyl groups is 1. The van der Waals surface area contributed by atoms with Crippen LogP contribution >= 0.6 is 0 Å². The molecule has 5 heteroatoms. The minimum Gasteiger partial charge on any atom is -0.453 e. The van der Waals surface area contributed by atoms with Gasteiger partial charge in [0, 0.05) is 23.3 Å². The quantitative estimate of drug-likeness (QED) is 0.779. The molecule has 0 aromatic heterocycles. The van der Waals surface area contributed by atoms with E-state index in [-0.39, 0.29) is 12.0 Å². The van der Waals surface area contributed by atoms with Crippen LogP contribution in [0.5, 0.6) is 0 Å². The highest BCUT2D eigenvalue weighted by Gasteiger charge is 2.30. The number of methoxy groups -OCH3 is 1. The Hall–Kier alpha value is -1.75. The fourth-order valence-corrected chi connectivity index (χ4v) is 2.82. The maximum Gasteiger partial charge on any atom is 0.411 e. The zero-order chi connectivity index (χ0) is 15.1. The van der Waals surface area contributed by atoms with Gasteiger partial charge in [-0.1, -0.05) is 19.3 Å². The highest BCUT2D eigenvalue weighted by Crippen LogP contribution is 2.36. The Morgan fingerprint density at radius 2 is 1.81 bits per heavy atom. The zero-order valence-electron chi connectivity index (χ0n) is 12.5. The van der Waals surface area contributed by atoms with E-state index in [9.17, 15) is 9.90 Å². The molecule has 0 aliphatic heterocycles. The van der Waals surface area contributed by atoms with Gasteiger partial charge in [0.05, 0.1) is 13.7 Å². The summed E-state index contributed by atoms with van der Waals surface area (Å²) in [6.45, 7) is 1.02. The molecule has 1 amide bonds. The Bertz CT molecular complexity index is 453. The van der Waals surface area contributed by atoms with Crippen LogP contribution in [0.2, 0.25) is 0 Å². The van der Waals surface area contributed by atoms with Gasteiger partial charge in [0.25, 0.3) is 0 Å². The van der Waals surface area contributed by atoms with Crippen LogP contribution in [0.4, 0.5) is 16.2 Å². The number of benzene rings is 1. The Morgan fingerprint density at radius 1 is 1.19 bits per heavy atom. The average Bonchev–Trinajstić information content (AvgIpc) is 2.55. The molecule has 0 bridgehead atoms. The van der Waals surface area contributed by atoms with Crippen LogP contribution in [0.15, 0.2) is 24.3 Å². The van der Waals surface area contributed by atoms with E-state index in [2.05, 4.69) is 15.4 Å². The summed E-state index contributed by atoms with van der Waals surface area (Å²) in [5.41, 5.74) is 1.70. The molecule has 0 heterocycles. The van der Waals surface area contributed by atoms with Crippen LogP contribution in [-0.4, -0.2) is 31.5 Å². The van der Waals surface area contributed by atoms with Crippen LogP contribution in [-0.2, 0) is 4.74 Å². The molecule has 1 aliphatic rings. The van der Waals surface area contributed by atoms with Gasteiger partial charge >= 0.3 is 6.09 Å². The summed E-state index contributed by atoms with van der Waals surface area (Å²) in [6.07, 6.45) is 5.36. The van der Waals surface area contributed by atoms with Crippen LogP contribution in [0, 0.1) is 5.41 Å². The molecule has 3 N–H and O–H groups in total. The van der Waals surface area contributed by atoms with Crippen molar-refractivity contribution >= 4 is 17.5 Å². The van der Waals surface area contributed by atoms with Gasteiger partial charge in [-0.15, -0.1) is 0 Å². The summed E-state index contributed by atoms with van der Waals surface area (Å²) in [5, 5.41) is 15.7. The number of aliphatic hydroxyl groups excluding tert-OH is 1. The maximum atomic E-state index is 11.1. The molecular weight excluding hydrogens is 268 g/mol. The van der Waals surface area contributed by atoms with Crippen molar-refractivity contribution in [1.82, 2.24) is 0 Å². The highest BCUT2D eigenvalue weighted by molar-refractivity contribution is 5.84. The summed E-state index contributed by atoms with van der Waals surface area (Å²) in [4.78, 5) is 11.1. The van der Waals surface area contributed by atoms with Crippen molar-refractivity contribution < 1.29 is 14.6 Å². The largest absolute Gasteiger partial charge is 0.453 e. The van der Waals surface area contributed by atoms with Gasteiger partial charge in [-0.3, -0.25) is 5.32 Å². The predicted octanol–water partition coefficient (Wildman–Crippen LogP) is 3.22. The lowest BCUT2D eigenvalue weighted by Gasteiger charge is -2.36. The lowest BCUT2D eigenvalue weighted by molar-refractivity contribution is 0.0944. The van der Waals surface area contributed by atoms with E-state index in [1.54, 1.807) is 0 Å². The molecular formula is C16H24N2O3. The van der Waals surface area contributed by atoms with Crippen molar-refractivity contribution in [2.45, 2.75) is 32.1 Å². The molecule has 0 unspecified atom stereocenters. The summed E-state index contributed by atoms with van der Waals surface area (Å²) >= 11 is 0. The first-order valence-electron chi connectivity index (χ1n) is 7.47. The van der Waals surface area contributed by atoms with Crippen LogP contribution in [0.3, 0.4) is 0 Å². The highest BCUT2D eigenvalue weighted by atomic mass is 16.5. The van der Waals surface area contributed by atoms with E-state index in [1.807, 2.05) is 24.3 Å². The van der Waals surface area contributed by atoms with Gasteiger partial charge < -0.3 is 15.2 Å². The molecule has 0 radical (unpaired) electrons. The lowest BCUT2D eigenvalue weighted by Crippen LogP contribution is -2.35. The molecule has 1 fully saturated rings. The van der Waals surface area contributed by atoms with Gasteiger partial charge in [0.15, 0.2) is 0 Å². The zero-order valence-corrected chi connectivity index (χ0v) is 12.5. The fraction of sp³-hybridized carbons (Fsp3) is 0.562. The second-order valence-corrected chi connectivity index (χ2v) is 5.77. The fourth-order valence-electron chi connectivity index (χ4n) is 2.82. The number of anilines is 2. The van der Waals surface area contributed by atoms with Crippen molar-refractivity contribution in [1.29, 1.82) is 0 Å². The smallest absolute Gasteiger partial charge is 0.411 e. The Balaban J connectivity index is 1.89. The number of amides is 1. The van der Waals surface area contributed by atoms with E-state index < -0.39 is 6.09 Å². The molecule has 0 atom stereocenters. The summed E-state index contributed by atoms with van der Waals surface area (Å²) < 4.78 is 4.55. The monoisotopic (exact) mass is 292 g/mol. The second-order valence-electron chi connectivity index (χ2n) is 5.77. The SMILES string of the molecule is COC(=O)Nc1ccc(NCC2(CO)CCCCC2)cc1. The number of rotatable bonds is 5. The number of hydrogen-bond donors (Lipinski definition) is 3. The third-order valence-electron chi connectivity index (χ3n) is 4.23. The van der Waals surface area contributed by atoms with Gasteiger partial charge in [-0.05, 0) is 37.1 Å². The van der Waals surface area contributed by atoms with Gasteiger partial charge in [-0.25, -0.2) is 4.79 Å². The Morgan fingerprint density at radius 3 is 2.38 bits per heavy atom. The number of hydrogen-bond acceptors (Lipinski definition) is 4. The number of nitrogens with one attached hydrogen (secondary N) is 2. The average molecular weight is 292 g/mol. The van der Waals surface area contributed by atoms with Gasteiger partial charge in [-0.2, -0.15) is 0 Å². The van der Waals surface area contributed by atoms with Crippen LogP contribution in [0.25, 0.3) is 0 Å². The van der Waals surface area contributed by atoms with E-state index in [0.717, 1.165) is 25.1 Å². The molecule has 21 heavy (non-hydrogen) atoms. The minimum absolute atomic E-state index is 0.0151. The number of carbonyl (C=O) groups excluding carboxylic acids is 1. The molecule has 1 aliphatic carbocycles. The number of carbonyl (C=O) groups is 1. The molecule has 2 rings (SSSR count). The first-order valence-corrected chi connectivity index (χ1v) is 7.47. The molecule has 0 saturated heterocycles. The normalized spacial score (nSPS) is 17.0. The van der Waals surface area contributed by atoms with E-state index in [4.69, 9.17) is 0 Å². The molecule has 1 aromatic carbocycles. The predicted molar refractivity (Wildman–Crippen MR) is 83.6 cm³/mol. The third-order valence-corrected chi connectivity index (χ3v) is 4.23. The van der Waals surface area contributed by atoms with Gasteiger partial charge in [0.2, 0.25) is 0 Å². The van der Waals surface area contributed by atoms with E-state index >= 15 is 0 Å². The summed E-state index contributed by atoms with van der Waals surface area (Å²) in [7, 11) is 1.34. The third kappa shape index (κ3) is 4.36. The van der Waals surface area contributed by atoms with Crippen molar-refractivity contribution in [3.05, 3.63) is 24.3 Å². The van der Waals surface area contributed by atoms with E-state index in [1.165, 1.54) is 26.4 Å². The first-order chi connectivity index (χ1) is 10.2. The Labute approximate surface area is 125 Å². The summed E-state index contributed by atoms with van der Waals surface area (Å²) in [5.74, 6) is 0. The maximum absolute atomic E-state index is 11.1. The molecule has 1 aromatic rings. The van der Waals surface area contributed by atoms with Crippen LogP contribution < -0.4 is 10.6 Å². The van der Waals surface area contributed by atoms with E-state index in [0.29, 0.717) is 5.69 Å². The minimum atomic E-state index is -0.475. The van der Waals surface area contributed by atoms with Crippen molar-refractivity contribution in [3.8, 4) is 0 Å². The first kappa shape index (κ1) is 15.6.